The monoisotopic (exact) mass is 303 g/mol. The van der Waals surface area contributed by atoms with E-state index in [0.717, 1.165) is 5.56 Å². The van der Waals surface area contributed by atoms with Crippen LogP contribution in [0.5, 0.6) is 0 Å². The molecule has 0 bridgehead atoms. The summed E-state index contributed by atoms with van der Waals surface area (Å²) in [5.41, 5.74) is 4.69. The van der Waals surface area contributed by atoms with Crippen molar-refractivity contribution in [1.29, 1.82) is 0 Å². The van der Waals surface area contributed by atoms with Gasteiger partial charge in [-0.05, 0) is 43.5 Å². The normalized spacial score (nSPS) is 17.1. The molecule has 0 aliphatic carbocycles. The Kier molecular flexibility index (Phi) is 4.45. The number of carbonyl (C=O) groups is 1. The summed E-state index contributed by atoms with van der Waals surface area (Å²) < 4.78 is 0.601. The summed E-state index contributed by atoms with van der Waals surface area (Å²) in [6.45, 7) is 10.3. The molecule has 1 aliphatic rings. The van der Waals surface area contributed by atoms with Crippen LogP contribution in [0, 0.1) is 20.8 Å². The van der Waals surface area contributed by atoms with Gasteiger partial charge in [0.2, 0.25) is 0 Å². The minimum Gasteiger partial charge on any atom is -0.289 e. The van der Waals surface area contributed by atoms with Gasteiger partial charge in [0.05, 0.1) is 4.91 Å². The largest absolute Gasteiger partial charge is 0.289 e. The van der Waals surface area contributed by atoms with E-state index in [4.69, 9.17) is 12.2 Å². The molecule has 4 heteroatoms. The molecule has 1 fully saturated rings. The van der Waals surface area contributed by atoms with Crippen molar-refractivity contribution >= 4 is 40.3 Å². The van der Waals surface area contributed by atoms with Crippen molar-refractivity contribution in [3.63, 3.8) is 0 Å². The Morgan fingerprint density at radius 3 is 2.45 bits per heavy atom. The Morgan fingerprint density at radius 2 is 1.90 bits per heavy atom. The summed E-state index contributed by atoms with van der Waals surface area (Å²) in [6, 6.07) is 4.26. The molecule has 1 saturated heterocycles. The average molecular weight is 303 g/mol. The van der Waals surface area contributed by atoms with Gasteiger partial charge in [-0.15, -0.1) is 6.58 Å². The molecule has 0 unspecified atom stereocenters. The van der Waals surface area contributed by atoms with Crippen LogP contribution >= 0.6 is 24.0 Å². The van der Waals surface area contributed by atoms with Crippen molar-refractivity contribution in [3.05, 3.63) is 51.9 Å². The number of aryl methyl sites for hydroxylation is 3. The van der Waals surface area contributed by atoms with E-state index in [2.05, 4.69) is 39.5 Å². The molecule has 0 aromatic heterocycles. The molecule has 2 nitrogen and oxygen atoms in total. The lowest BCUT2D eigenvalue weighted by molar-refractivity contribution is -0.121. The van der Waals surface area contributed by atoms with Gasteiger partial charge in [0.25, 0.3) is 5.91 Å². The first-order valence-corrected chi connectivity index (χ1v) is 7.60. The Hall–Kier alpha value is -1.39. The quantitative estimate of drug-likeness (QED) is 0.478. The zero-order chi connectivity index (χ0) is 14.9. The third-order valence-electron chi connectivity index (χ3n) is 3.20. The summed E-state index contributed by atoms with van der Waals surface area (Å²) in [6.07, 6.45) is 3.64. The number of thiocarbonyl (C=S) groups is 1. The molecule has 104 valence electrons. The van der Waals surface area contributed by atoms with Crippen LogP contribution in [0.2, 0.25) is 0 Å². The fourth-order valence-electron chi connectivity index (χ4n) is 2.34. The molecule has 0 radical (unpaired) electrons. The van der Waals surface area contributed by atoms with Gasteiger partial charge in [-0.25, -0.2) is 0 Å². The third kappa shape index (κ3) is 2.86. The van der Waals surface area contributed by atoms with Gasteiger partial charge in [0.1, 0.15) is 4.32 Å². The van der Waals surface area contributed by atoms with Crippen LogP contribution in [0.1, 0.15) is 22.3 Å². The standard InChI is InChI=1S/C16H17NOS2/c1-5-6-17-15(18)14(20-16(17)19)9-13-11(3)7-10(2)8-12(13)4/h5,7-9H,1,6H2,2-4H3. The van der Waals surface area contributed by atoms with Crippen LogP contribution in [0.15, 0.2) is 29.7 Å². The SMILES string of the molecule is C=CCN1C(=O)C(=Cc2c(C)cc(C)cc2C)SC1=S. The maximum absolute atomic E-state index is 12.3. The summed E-state index contributed by atoms with van der Waals surface area (Å²) in [5, 5.41) is 0. The Morgan fingerprint density at radius 1 is 1.30 bits per heavy atom. The van der Waals surface area contributed by atoms with Crippen LogP contribution in [0.25, 0.3) is 6.08 Å². The van der Waals surface area contributed by atoms with Crippen molar-refractivity contribution in [2.45, 2.75) is 20.8 Å². The van der Waals surface area contributed by atoms with Gasteiger partial charge in [0.15, 0.2) is 0 Å². The van der Waals surface area contributed by atoms with Crippen LogP contribution in [-0.2, 0) is 4.79 Å². The van der Waals surface area contributed by atoms with E-state index in [0.29, 0.717) is 15.8 Å². The molecule has 0 N–H and O–H groups in total. The van der Waals surface area contributed by atoms with Crippen LogP contribution in [0.3, 0.4) is 0 Å². The zero-order valence-electron chi connectivity index (χ0n) is 11.9. The van der Waals surface area contributed by atoms with Gasteiger partial charge >= 0.3 is 0 Å². The first-order valence-electron chi connectivity index (χ1n) is 6.38. The van der Waals surface area contributed by atoms with E-state index in [1.807, 2.05) is 6.08 Å². The maximum atomic E-state index is 12.3. The van der Waals surface area contributed by atoms with Crippen molar-refractivity contribution in [1.82, 2.24) is 4.90 Å². The Labute approximate surface area is 129 Å². The molecule has 2 rings (SSSR count). The number of thioether (sulfide) groups is 1. The average Bonchev–Trinajstić information content (AvgIpc) is 2.62. The fourth-order valence-corrected chi connectivity index (χ4v) is 3.59. The highest BCUT2D eigenvalue weighted by molar-refractivity contribution is 8.26. The van der Waals surface area contributed by atoms with Gasteiger partial charge in [-0.1, -0.05) is 47.8 Å². The van der Waals surface area contributed by atoms with E-state index in [1.54, 1.807) is 11.0 Å². The second-order valence-electron chi connectivity index (χ2n) is 4.89. The Bertz CT molecular complexity index is 608. The number of rotatable bonds is 3. The van der Waals surface area contributed by atoms with Gasteiger partial charge in [-0.2, -0.15) is 0 Å². The number of amides is 1. The van der Waals surface area contributed by atoms with Crippen LogP contribution in [-0.4, -0.2) is 21.7 Å². The van der Waals surface area contributed by atoms with E-state index in [-0.39, 0.29) is 5.91 Å². The summed E-state index contributed by atoms with van der Waals surface area (Å²) in [4.78, 5) is 14.6. The summed E-state index contributed by atoms with van der Waals surface area (Å²) in [5.74, 6) is -0.0284. The fraction of sp³-hybridized carbons (Fsp3) is 0.250. The summed E-state index contributed by atoms with van der Waals surface area (Å²) >= 11 is 6.60. The topological polar surface area (TPSA) is 20.3 Å². The minimum atomic E-state index is -0.0284. The molecular weight excluding hydrogens is 286 g/mol. The minimum absolute atomic E-state index is 0.0284. The van der Waals surface area contributed by atoms with Gasteiger partial charge in [-0.3, -0.25) is 9.69 Å². The molecule has 0 saturated carbocycles. The van der Waals surface area contributed by atoms with E-state index < -0.39 is 0 Å². The number of benzene rings is 1. The first-order chi connectivity index (χ1) is 9.43. The lowest BCUT2D eigenvalue weighted by atomic mass is 9.99. The molecule has 1 amide bonds. The van der Waals surface area contributed by atoms with Crippen molar-refractivity contribution in [2.75, 3.05) is 6.54 Å². The first kappa shape index (κ1) is 15.0. The van der Waals surface area contributed by atoms with Gasteiger partial charge in [0, 0.05) is 6.54 Å². The molecule has 1 heterocycles. The van der Waals surface area contributed by atoms with Crippen molar-refractivity contribution in [3.8, 4) is 0 Å². The predicted molar refractivity (Wildman–Crippen MR) is 90.7 cm³/mol. The number of hydrogen-bond donors (Lipinski definition) is 0. The third-order valence-corrected chi connectivity index (χ3v) is 4.58. The highest BCUT2D eigenvalue weighted by Gasteiger charge is 2.31. The number of carbonyl (C=O) groups excluding carboxylic acids is 1. The second kappa shape index (κ2) is 5.94. The second-order valence-corrected chi connectivity index (χ2v) is 6.57. The molecular formula is C16H17NOS2. The zero-order valence-corrected chi connectivity index (χ0v) is 13.5. The molecule has 1 aliphatic heterocycles. The number of hydrogen-bond acceptors (Lipinski definition) is 3. The lowest BCUT2D eigenvalue weighted by Gasteiger charge is -2.10. The highest BCUT2D eigenvalue weighted by Crippen LogP contribution is 2.33. The van der Waals surface area contributed by atoms with Crippen LogP contribution in [0.4, 0.5) is 0 Å². The van der Waals surface area contributed by atoms with Gasteiger partial charge < -0.3 is 0 Å². The molecule has 0 atom stereocenters. The highest BCUT2D eigenvalue weighted by atomic mass is 32.2. The molecule has 1 aromatic carbocycles. The van der Waals surface area contributed by atoms with E-state index in [9.17, 15) is 4.79 Å². The molecule has 20 heavy (non-hydrogen) atoms. The lowest BCUT2D eigenvalue weighted by Crippen LogP contribution is -2.27. The van der Waals surface area contributed by atoms with Crippen molar-refractivity contribution in [2.24, 2.45) is 0 Å². The van der Waals surface area contributed by atoms with Crippen LogP contribution < -0.4 is 0 Å². The smallest absolute Gasteiger partial charge is 0.266 e. The maximum Gasteiger partial charge on any atom is 0.266 e. The molecule has 1 aromatic rings. The predicted octanol–water partition coefficient (Wildman–Crippen LogP) is 4.00. The number of nitrogens with zero attached hydrogens (tertiary/aromatic N) is 1. The Balaban J connectivity index is 2.40. The van der Waals surface area contributed by atoms with E-state index in [1.165, 1.54) is 28.5 Å². The summed E-state index contributed by atoms with van der Waals surface area (Å²) in [7, 11) is 0. The van der Waals surface area contributed by atoms with E-state index >= 15 is 0 Å². The van der Waals surface area contributed by atoms with Crippen molar-refractivity contribution < 1.29 is 4.79 Å². The molecule has 0 spiro atoms.